The van der Waals surface area contributed by atoms with E-state index in [4.69, 9.17) is 4.74 Å². The van der Waals surface area contributed by atoms with Gasteiger partial charge >= 0.3 is 6.09 Å². The molecule has 1 heterocycles. The zero-order valence-corrected chi connectivity index (χ0v) is 11.9. The van der Waals surface area contributed by atoms with Crippen molar-refractivity contribution in [1.82, 2.24) is 16.0 Å². The highest BCUT2D eigenvalue weighted by molar-refractivity contribution is 5.79. The fourth-order valence-electron chi connectivity index (χ4n) is 2.15. The standard InChI is InChI=1S/C15H21N3O3/c19-14(13-6-7-16-10-13)17-8-9-18-15(20)21-11-12-4-2-1-3-5-12/h1-5,13,16H,6-11H2,(H,17,19)(H,18,20)/t13-/m0/s1. The van der Waals surface area contributed by atoms with Crippen LogP contribution in [0.1, 0.15) is 12.0 Å². The minimum Gasteiger partial charge on any atom is -0.445 e. The maximum absolute atomic E-state index is 11.7. The lowest BCUT2D eigenvalue weighted by atomic mass is 10.1. The van der Waals surface area contributed by atoms with Gasteiger partial charge in [0, 0.05) is 19.6 Å². The van der Waals surface area contributed by atoms with Gasteiger partial charge in [-0.3, -0.25) is 4.79 Å². The van der Waals surface area contributed by atoms with Crippen LogP contribution in [0.2, 0.25) is 0 Å². The van der Waals surface area contributed by atoms with Crippen LogP contribution in [-0.2, 0) is 16.1 Å². The molecule has 0 bridgehead atoms. The third-order valence-electron chi connectivity index (χ3n) is 3.34. The Balaban J connectivity index is 1.54. The van der Waals surface area contributed by atoms with Crippen LogP contribution in [0, 0.1) is 5.92 Å². The van der Waals surface area contributed by atoms with E-state index in [2.05, 4.69) is 16.0 Å². The average Bonchev–Trinajstić information content (AvgIpc) is 3.05. The summed E-state index contributed by atoms with van der Waals surface area (Å²) >= 11 is 0. The Hall–Kier alpha value is -2.08. The lowest BCUT2D eigenvalue weighted by Crippen LogP contribution is -2.38. The Morgan fingerprint density at radius 1 is 1.19 bits per heavy atom. The van der Waals surface area contributed by atoms with Gasteiger partial charge in [0.05, 0.1) is 5.92 Å². The van der Waals surface area contributed by atoms with Crippen LogP contribution in [0.4, 0.5) is 4.79 Å². The largest absolute Gasteiger partial charge is 0.445 e. The molecule has 1 aromatic rings. The van der Waals surface area contributed by atoms with Crippen molar-refractivity contribution < 1.29 is 14.3 Å². The van der Waals surface area contributed by atoms with Gasteiger partial charge in [0.25, 0.3) is 0 Å². The van der Waals surface area contributed by atoms with Gasteiger partial charge in [-0.05, 0) is 18.5 Å². The van der Waals surface area contributed by atoms with Gasteiger partial charge in [0.15, 0.2) is 0 Å². The van der Waals surface area contributed by atoms with Gasteiger partial charge in [0.1, 0.15) is 6.61 Å². The lowest BCUT2D eigenvalue weighted by molar-refractivity contribution is -0.124. The van der Waals surface area contributed by atoms with Crippen molar-refractivity contribution in [2.75, 3.05) is 26.2 Å². The zero-order chi connectivity index (χ0) is 14.9. The molecule has 2 amide bonds. The predicted molar refractivity (Wildman–Crippen MR) is 78.6 cm³/mol. The van der Waals surface area contributed by atoms with Crippen molar-refractivity contribution in [3.63, 3.8) is 0 Å². The van der Waals surface area contributed by atoms with E-state index in [-0.39, 0.29) is 18.4 Å². The Bertz CT molecular complexity index is 458. The third kappa shape index (κ3) is 5.43. The van der Waals surface area contributed by atoms with E-state index in [9.17, 15) is 9.59 Å². The Morgan fingerprint density at radius 3 is 2.67 bits per heavy atom. The summed E-state index contributed by atoms with van der Waals surface area (Å²) in [7, 11) is 0. The number of alkyl carbamates (subject to hydrolysis) is 1. The molecule has 0 aliphatic carbocycles. The summed E-state index contributed by atoms with van der Waals surface area (Å²) in [4.78, 5) is 23.2. The van der Waals surface area contributed by atoms with Crippen LogP contribution in [-0.4, -0.2) is 38.2 Å². The van der Waals surface area contributed by atoms with Gasteiger partial charge in [-0.2, -0.15) is 0 Å². The van der Waals surface area contributed by atoms with Crippen molar-refractivity contribution >= 4 is 12.0 Å². The average molecular weight is 291 g/mol. The van der Waals surface area contributed by atoms with Crippen LogP contribution < -0.4 is 16.0 Å². The van der Waals surface area contributed by atoms with Gasteiger partial charge in [-0.25, -0.2) is 4.79 Å². The molecule has 1 saturated heterocycles. The van der Waals surface area contributed by atoms with Crippen LogP contribution in [0.5, 0.6) is 0 Å². The molecule has 114 valence electrons. The van der Waals surface area contributed by atoms with Gasteiger partial charge in [-0.1, -0.05) is 30.3 Å². The molecule has 21 heavy (non-hydrogen) atoms. The fraction of sp³-hybridized carbons (Fsp3) is 0.467. The summed E-state index contributed by atoms with van der Waals surface area (Å²) < 4.78 is 5.06. The number of amides is 2. The van der Waals surface area contributed by atoms with E-state index in [0.29, 0.717) is 13.1 Å². The smallest absolute Gasteiger partial charge is 0.407 e. The van der Waals surface area contributed by atoms with Gasteiger partial charge in [0.2, 0.25) is 5.91 Å². The molecule has 0 saturated carbocycles. The maximum Gasteiger partial charge on any atom is 0.407 e. The number of ether oxygens (including phenoxy) is 1. The van der Waals surface area contributed by atoms with E-state index in [1.165, 1.54) is 0 Å². The molecule has 1 atom stereocenters. The number of hydrogen-bond donors (Lipinski definition) is 3. The topological polar surface area (TPSA) is 79.5 Å². The molecule has 6 nitrogen and oxygen atoms in total. The summed E-state index contributed by atoms with van der Waals surface area (Å²) in [5.74, 6) is 0.0921. The number of nitrogens with one attached hydrogen (secondary N) is 3. The number of carbonyl (C=O) groups excluding carboxylic acids is 2. The van der Waals surface area contributed by atoms with E-state index >= 15 is 0 Å². The maximum atomic E-state index is 11.7. The molecule has 0 radical (unpaired) electrons. The normalized spacial score (nSPS) is 17.2. The Morgan fingerprint density at radius 2 is 1.95 bits per heavy atom. The minimum absolute atomic E-state index is 0.0412. The predicted octanol–water partition coefficient (Wildman–Crippen LogP) is 0.639. The number of carbonyl (C=O) groups is 2. The van der Waals surface area contributed by atoms with E-state index in [0.717, 1.165) is 25.1 Å². The van der Waals surface area contributed by atoms with Crippen LogP contribution in [0.3, 0.4) is 0 Å². The highest BCUT2D eigenvalue weighted by Crippen LogP contribution is 2.06. The summed E-state index contributed by atoms with van der Waals surface area (Å²) in [6, 6.07) is 9.48. The third-order valence-corrected chi connectivity index (χ3v) is 3.34. The molecule has 1 aromatic carbocycles. The second-order valence-corrected chi connectivity index (χ2v) is 4.97. The first-order chi connectivity index (χ1) is 10.3. The van der Waals surface area contributed by atoms with Crippen LogP contribution in [0.25, 0.3) is 0 Å². The molecular formula is C15H21N3O3. The minimum atomic E-state index is -0.476. The molecule has 0 unspecified atom stereocenters. The molecule has 6 heteroatoms. The van der Waals surface area contributed by atoms with E-state index in [1.807, 2.05) is 30.3 Å². The van der Waals surface area contributed by atoms with Crippen LogP contribution >= 0.6 is 0 Å². The number of benzene rings is 1. The summed E-state index contributed by atoms with van der Waals surface area (Å²) in [6.07, 6.45) is 0.397. The molecule has 1 fully saturated rings. The first kappa shape index (κ1) is 15.3. The van der Waals surface area contributed by atoms with Gasteiger partial charge in [-0.15, -0.1) is 0 Å². The Labute approximate surface area is 124 Å². The Kier molecular flexibility index (Phi) is 6.02. The summed E-state index contributed by atoms with van der Waals surface area (Å²) in [5, 5.41) is 8.56. The highest BCUT2D eigenvalue weighted by Gasteiger charge is 2.21. The summed E-state index contributed by atoms with van der Waals surface area (Å²) in [6.45, 7) is 2.64. The zero-order valence-electron chi connectivity index (χ0n) is 11.9. The number of hydrogen-bond acceptors (Lipinski definition) is 4. The van der Waals surface area contributed by atoms with Crippen LogP contribution in [0.15, 0.2) is 30.3 Å². The molecule has 2 rings (SSSR count). The first-order valence-electron chi connectivity index (χ1n) is 7.18. The molecule has 1 aliphatic rings. The van der Waals surface area contributed by atoms with Crippen molar-refractivity contribution in [3.05, 3.63) is 35.9 Å². The summed E-state index contributed by atoms with van der Waals surface area (Å²) in [5.41, 5.74) is 0.940. The fourth-order valence-corrected chi connectivity index (χ4v) is 2.15. The SMILES string of the molecule is O=C(NCCNC(=O)[C@H]1CCNC1)OCc1ccccc1. The second kappa shape index (κ2) is 8.26. The molecule has 1 aliphatic heterocycles. The molecular weight excluding hydrogens is 270 g/mol. The van der Waals surface area contributed by atoms with E-state index in [1.54, 1.807) is 0 Å². The van der Waals surface area contributed by atoms with Crippen molar-refractivity contribution in [2.45, 2.75) is 13.0 Å². The second-order valence-electron chi connectivity index (χ2n) is 4.97. The lowest BCUT2D eigenvalue weighted by Gasteiger charge is -2.10. The monoisotopic (exact) mass is 291 g/mol. The van der Waals surface area contributed by atoms with Crippen molar-refractivity contribution in [2.24, 2.45) is 5.92 Å². The van der Waals surface area contributed by atoms with Gasteiger partial charge < -0.3 is 20.7 Å². The molecule has 0 spiro atoms. The molecule has 0 aromatic heterocycles. The number of rotatable bonds is 6. The first-order valence-corrected chi connectivity index (χ1v) is 7.18. The highest BCUT2D eigenvalue weighted by atomic mass is 16.5. The van der Waals surface area contributed by atoms with Crippen molar-refractivity contribution in [3.8, 4) is 0 Å². The quantitative estimate of drug-likeness (QED) is 0.672. The molecule has 3 N–H and O–H groups in total. The van der Waals surface area contributed by atoms with E-state index < -0.39 is 6.09 Å². The van der Waals surface area contributed by atoms with Crippen molar-refractivity contribution in [1.29, 1.82) is 0 Å².